The highest BCUT2D eigenvalue weighted by molar-refractivity contribution is 7.42. The smallest absolute Gasteiger partial charge is 0.357 e. The van der Waals surface area contributed by atoms with Gasteiger partial charge in [-0.3, -0.25) is 0 Å². The normalized spacial score (nSPS) is 12.4. The largest absolute Gasteiger partial charge is 0.786 e. The van der Waals surface area contributed by atoms with E-state index < -0.39 is 7.91 Å². The van der Waals surface area contributed by atoms with Crippen LogP contribution >= 0.6 is 7.91 Å². The van der Waals surface area contributed by atoms with Crippen molar-refractivity contribution < 1.29 is 61.0 Å². The summed E-state index contributed by atoms with van der Waals surface area (Å²) < 4.78 is 24.5. The summed E-state index contributed by atoms with van der Waals surface area (Å²) in [5.41, 5.74) is 6.63. The topological polar surface area (TPSA) is 63.2 Å². The van der Waals surface area contributed by atoms with Gasteiger partial charge in [-0.05, 0) is 92.4 Å². The van der Waals surface area contributed by atoms with Crippen LogP contribution in [0.15, 0.2) is 97.1 Å². The van der Waals surface area contributed by atoms with Crippen molar-refractivity contribution in [1.29, 1.82) is 0 Å². The molecule has 0 aromatic heterocycles. The molecule has 0 fully saturated rings. The minimum atomic E-state index is -5.64. The molecule has 0 heterocycles. The van der Waals surface area contributed by atoms with Crippen LogP contribution < -0.4 is 52.2 Å². The van der Waals surface area contributed by atoms with E-state index in [4.69, 9.17) is 14.4 Å². The molecule has 0 atom stereocenters. The van der Waals surface area contributed by atoms with Crippen molar-refractivity contribution in [2.45, 2.75) is 105 Å². The van der Waals surface area contributed by atoms with Gasteiger partial charge < -0.3 is 14.4 Å². The standard InChI is InChI=1S/2C20H26I.FH2O3P/c2*1-19(2,3)15-7-11-17(12-8-15)21-18-13-9-16(10-14-18)20(4,5)6;1-5(2,3)4/h2*7-14H,1-6H3;(H2,2,3,4)/q2*+1;/p-2. The van der Waals surface area contributed by atoms with E-state index in [1.54, 1.807) is 0 Å². The first kappa shape index (κ1) is 41.6. The molecular weight excluding hydrogens is 832 g/mol. The summed E-state index contributed by atoms with van der Waals surface area (Å²) in [4.78, 5) is 16.9. The lowest BCUT2D eigenvalue weighted by Gasteiger charge is -2.18. The Morgan fingerprint density at radius 2 is 0.532 bits per heavy atom. The van der Waals surface area contributed by atoms with Crippen LogP contribution in [0.25, 0.3) is 0 Å². The molecule has 0 unspecified atom stereocenters. The molecule has 7 heteroatoms. The Hall–Kier alpha value is -1.58. The van der Waals surface area contributed by atoms with Crippen LogP contribution in [0.2, 0.25) is 0 Å². The van der Waals surface area contributed by atoms with Crippen LogP contribution in [0.3, 0.4) is 0 Å². The van der Waals surface area contributed by atoms with Crippen molar-refractivity contribution in [2.24, 2.45) is 0 Å². The number of rotatable bonds is 4. The number of hydrogen-bond acceptors (Lipinski definition) is 3. The Kier molecular flexibility index (Phi) is 14.9. The zero-order chi connectivity index (χ0) is 35.8. The van der Waals surface area contributed by atoms with Gasteiger partial charge in [0.15, 0.2) is 14.3 Å². The first-order chi connectivity index (χ1) is 21.3. The van der Waals surface area contributed by atoms with Crippen molar-refractivity contribution >= 4 is 7.91 Å². The third kappa shape index (κ3) is 16.1. The van der Waals surface area contributed by atoms with Crippen molar-refractivity contribution in [2.75, 3.05) is 0 Å². The maximum atomic E-state index is 10.1. The second kappa shape index (κ2) is 16.9. The van der Waals surface area contributed by atoms with Crippen LogP contribution in [0.1, 0.15) is 105 Å². The molecule has 0 saturated heterocycles. The van der Waals surface area contributed by atoms with Crippen LogP contribution in [0.5, 0.6) is 0 Å². The van der Waals surface area contributed by atoms with E-state index in [0.717, 1.165) is 0 Å². The van der Waals surface area contributed by atoms with Gasteiger partial charge in [-0.1, -0.05) is 132 Å². The van der Waals surface area contributed by atoms with E-state index in [0.29, 0.717) is 0 Å². The van der Waals surface area contributed by atoms with Gasteiger partial charge in [0.1, 0.15) is 7.91 Å². The van der Waals surface area contributed by atoms with Gasteiger partial charge in [-0.15, -0.1) is 0 Å². The zero-order valence-corrected chi connectivity index (χ0v) is 35.3. The van der Waals surface area contributed by atoms with E-state index >= 15 is 0 Å². The maximum absolute atomic E-state index is 10.1. The molecule has 47 heavy (non-hydrogen) atoms. The van der Waals surface area contributed by atoms with Gasteiger partial charge in [0, 0.05) is 0 Å². The van der Waals surface area contributed by atoms with Crippen molar-refractivity contribution in [1.82, 2.24) is 0 Å². The monoisotopic (exact) mass is 884 g/mol. The van der Waals surface area contributed by atoms with Gasteiger partial charge >= 0.3 is 42.4 Å². The lowest BCUT2D eigenvalue weighted by atomic mass is 9.87. The average molecular weight is 885 g/mol. The van der Waals surface area contributed by atoms with Gasteiger partial charge in [-0.25, -0.2) is 4.20 Å². The van der Waals surface area contributed by atoms with Crippen molar-refractivity contribution in [3.63, 3.8) is 0 Å². The first-order valence-electron chi connectivity index (χ1n) is 15.8. The van der Waals surface area contributed by atoms with Crippen LogP contribution in [0, 0.1) is 14.3 Å². The Balaban J connectivity index is 0.000000286. The summed E-state index contributed by atoms with van der Waals surface area (Å²) in [6, 6.07) is 36.8. The molecule has 4 aromatic rings. The van der Waals surface area contributed by atoms with Crippen molar-refractivity contribution in [3.05, 3.63) is 134 Å². The third-order valence-corrected chi connectivity index (χ3v) is 12.6. The summed E-state index contributed by atoms with van der Waals surface area (Å²) >= 11 is -0.141. The molecule has 4 rings (SSSR count). The quantitative estimate of drug-likeness (QED) is 0.233. The fraction of sp³-hybridized carbons (Fsp3) is 0.400. The van der Waals surface area contributed by atoms with Gasteiger partial charge in [-0.2, -0.15) is 0 Å². The predicted octanol–water partition coefficient (Wildman–Crippen LogP) is 3.60. The van der Waals surface area contributed by atoms with Crippen molar-refractivity contribution in [3.8, 4) is 0 Å². The minimum absolute atomic E-state index is 0.0703. The highest BCUT2D eigenvalue weighted by Crippen LogP contribution is 2.24. The molecule has 0 spiro atoms. The van der Waals surface area contributed by atoms with Crippen LogP contribution in [-0.4, -0.2) is 0 Å². The number of hydrogen-bond donors (Lipinski definition) is 0. The van der Waals surface area contributed by atoms with E-state index in [2.05, 4.69) is 180 Å². The van der Waals surface area contributed by atoms with E-state index in [1.165, 1.54) is 36.5 Å². The predicted molar refractivity (Wildman–Crippen MR) is 184 cm³/mol. The molecule has 0 saturated carbocycles. The molecule has 0 bridgehead atoms. The van der Waals surface area contributed by atoms with E-state index in [9.17, 15) is 4.20 Å². The van der Waals surface area contributed by atoms with E-state index in [1.807, 2.05) is 0 Å². The Morgan fingerprint density at radius 3 is 0.638 bits per heavy atom. The fourth-order valence-electron chi connectivity index (χ4n) is 4.30. The molecule has 4 aromatic carbocycles. The van der Waals surface area contributed by atoms with Gasteiger partial charge in [0.05, 0.1) is 0 Å². The summed E-state index contributed by atoms with van der Waals surface area (Å²) in [7, 11) is -5.64. The Morgan fingerprint density at radius 1 is 0.404 bits per heavy atom. The zero-order valence-electron chi connectivity index (χ0n) is 30.0. The molecule has 0 aliphatic carbocycles. The Bertz CT molecular complexity index is 1330. The Labute approximate surface area is 305 Å². The number of benzene rings is 4. The molecule has 0 aliphatic heterocycles. The average Bonchev–Trinajstić information content (AvgIpc) is 2.92. The van der Waals surface area contributed by atoms with Crippen LogP contribution in [-0.2, 0) is 26.2 Å². The fourth-order valence-corrected chi connectivity index (χ4v) is 8.62. The summed E-state index contributed by atoms with van der Waals surface area (Å²) in [6.45, 7) is 27.2. The highest BCUT2D eigenvalue weighted by atomic mass is 127. The molecule has 256 valence electrons. The molecular formula is C40H52FI2O3P. The third-order valence-electron chi connectivity index (χ3n) is 7.28. The summed E-state index contributed by atoms with van der Waals surface area (Å²) in [6.07, 6.45) is 0. The molecule has 0 amide bonds. The second-order valence-electron chi connectivity index (χ2n) is 15.6. The summed E-state index contributed by atoms with van der Waals surface area (Å²) in [5, 5.41) is 0. The van der Waals surface area contributed by atoms with E-state index in [-0.39, 0.29) is 64.1 Å². The highest BCUT2D eigenvalue weighted by Gasteiger charge is 2.21. The first-order valence-corrected chi connectivity index (χ1v) is 21.5. The molecule has 3 nitrogen and oxygen atoms in total. The number of halogens is 3. The lowest BCUT2D eigenvalue weighted by molar-refractivity contribution is -0.597. The summed E-state index contributed by atoms with van der Waals surface area (Å²) in [5.74, 6) is 0. The second-order valence-corrected chi connectivity index (χ2v) is 22.6. The molecule has 0 N–H and O–H groups in total. The maximum Gasteiger partial charge on any atom is 0.357 e. The van der Waals surface area contributed by atoms with Gasteiger partial charge in [0.2, 0.25) is 0 Å². The molecule has 0 aliphatic rings. The minimum Gasteiger partial charge on any atom is -0.786 e. The van der Waals surface area contributed by atoms with Crippen LogP contribution in [0.4, 0.5) is 4.20 Å². The SMILES string of the molecule is CC(C)(C)c1ccc([I+]c2ccc(C(C)(C)C)cc2)cc1.CC(C)(C)c1ccc([I+]c2ccc(C(C)(C)C)cc2)cc1.O=P([O-])([O-])F. The molecule has 0 radical (unpaired) electrons. The lowest BCUT2D eigenvalue weighted by Crippen LogP contribution is -3.61. The van der Waals surface area contributed by atoms with Gasteiger partial charge in [0.25, 0.3) is 0 Å².